The highest BCUT2D eigenvalue weighted by Crippen LogP contribution is 2.26. The monoisotopic (exact) mass is 321 g/mol. The lowest BCUT2D eigenvalue weighted by atomic mass is 10.2. The fraction of sp³-hybridized carbons (Fsp3) is 0.529. The first-order valence-electron chi connectivity index (χ1n) is 7.57. The first-order chi connectivity index (χ1) is 10.4. The van der Waals surface area contributed by atoms with Gasteiger partial charge >= 0.3 is 6.09 Å². The summed E-state index contributed by atoms with van der Waals surface area (Å²) in [6.45, 7) is 6.10. The Morgan fingerprint density at radius 2 is 1.95 bits per heavy atom. The van der Waals surface area contributed by atoms with E-state index in [0.29, 0.717) is 12.3 Å². The Kier molecular flexibility index (Phi) is 5.51. The maximum atomic E-state index is 12.4. The summed E-state index contributed by atoms with van der Waals surface area (Å²) in [6, 6.07) is 9.52. The zero-order valence-corrected chi connectivity index (χ0v) is 14.2. The van der Waals surface area contributed by atoms with Gasteiger partial charge in [-0.1, -0.05) is 42.1 Å². The Balaban J connectivity index is 1.92. The highest BCUT2D eigenvalue weighted by Gasteiger charge is 2.36. The fourth-order valence-electron chi connectivity index (χ4n) is 2.38. The van der Waals surface area contributed by atoms with E-state index in [9.17, 15) is 9.59 Å². The van der Waals surface area contributed by atoms with Crippen LogP contribution in [0.25, 0.3) is 0 Å². The van der Waals surface area contributed by atoms with Crippen LogP contribution in [0.1, 0.15) is 39.2 Å². The van der Waals surface area contributed by atoms with Gasteiger partial charge in [0, 0.05) is 12.3 Å². The van der Waals surface area contributed by atoms with Crippen molar-refractivity contribution in [2.24, 2.45) is 0 Å². The molecule has 0 radical (unpaired) electrons. The van der Waals surface area contributed by atoms with Crippen molar-refractivity contribution in [2.75, 3.05) is 6.54 Å². The molecule has 1 atom stereocenters. The molecule has 1 aliphatic rings. The molecular formula is C17H23NO3S. The van der Waals surface area contributed by atoms with Gasteiger partial charge in [0.25, 0.3) is 0 Å². The zero-order chi connectivity index (χ0) is 16.2. The SMILES string of the molecule is CC(C)(C)OC(=O)N1CCC[C@H]1C(=O)SCc1ccccc1. The number of benzene rings is 1. The Labute approximate surface area is 136 Å². The van der Waals surface area contributed by atoms with Crippen molar-refractivity contribution in [2.45, 2.75) is 51.0 Å². The molecule has 0 N–H and O–H groups in total. The van der Waals surface area contributed by atoms with Gasteiger partial charge in [-0.25, -0.2) is 4.79 Å². The third-order valence-corrected chi connectivity index (χ3v) is 4.41. The number of nitrogens with zero attached hydrogens (tertiary/aromatic N) is 1. The van der Waals surface area contributed by atoms with Gasteiger partial charge in [-0.2, -0.15) is 0 Å². The van der Waals surface area contributed by atoms with E-state index >= 15 is 0 Å². The number of thioether (sulfide) groups is 1. The number of amides is 1. The summed E-state index contributed by atoms with van der Waals surface area (Å²) >= 11 is 1.28. The van der Waals surface area contributed by atoms with Gasteiger partial charge in [0.05, 0.1) is 0 Å². The van der Waals surface area contributed by atoms with Crippen LogP contribution >= 0.6 is 11.8 Å². The highest BCUT2D eigenvalue weighted by molar-refractivity contribution is 8.13. The smallest absolute Gasteiger partial charge is 0.410 e. The summed E-state index contributed by atoms with van der Waals surface area (Å²) in [5.74, 6) is 0.637. The van der Waals surface area contributed by atoms with Gasteiger partial charge in [0.15, 0.2) is 0 Å². The topological polar surface area (TPSA) is 46.6 Å². The first-order valence-corrected chi connectivity index (χ1v) is 8.55. The lowest BCUT2D eigenvalue weighted by Crippen LogP contribution is -2.42. The van der Waals surface area contributed by atoms with Crippen LogP contribution in [-0.2, 0) is 15.3 Å². The van der Waals surface area contributed by atoms with Crippen molar-refractivity contribution in [3.63, 3.8) is 0 Å². The molecular weight excluding hydrogens is 298 g/mol. The standard InChI is InChI=1S/C17H23NO3S/c1-17(2,3)21-16(20)18-11-7-10-14(18)15(19)22-12-13-8-5-4-6-9-13/h4-6,8-9,14H,7,10-12H2,1-3H3/t14-/m0/s1. The second kappa shape index (κ2) is 7.18. The van der Waals surface area contributed by atoms with Crippen molar-refractivity contribution >= 4 is 23.0 Å². The molecule has 0 saturated carbocycles. The predicted molar refractivity (Wildman–Crippen MR) is 88.7 cm³/mol. The molecule has 5 heteroatoms. The highest BCUT2D eigenvalue weighted by atomic mass is 32.2. The number of ether oxygens (including phenoxy) is 1. The van der Waals surface area contributed by atoms with Crippen LogP contribution in [0.15, 0.2) is 30.3 Å². The van der Waals surface area contributed by atoms with Crippen molar-refractivity contribution in [3.8, 4) is 0 Å². The van der Waals surface area contributed by atoms with Gasteiger partial charge in [0.1, 0.15) is 11.6 Å². The van der Waals surface area contributed by atoms with Crippen LogP contribution in [0.2, 0.25) is 0 Å². The molecule has 1 heterocycles. The van der Waals surface area contributed by atoms with Crippen LogP contribution in [0.5, 0.6) is 0 Å². The van der Waals surface area contributed by atoms with Gasteiger partial charge in [0.2, 0.25) is 5.12 Å². The molecule has 22 heavy (non-hydrogen) atoms. The predicted octanol–water partition coefficient (Wildman–Crippen LogP) is 3.85. The quantitative estimate of drug-likeness (QED) is 0.848. The van der Waals surface area contributed by atoms with Crippen molar-refractivity contribution in [1.29, 1.82) is 0 Å². The first kappa shape index (κ1) is 16.9. The molecule has 1 aromatic carbocycles. The normalized spacial score (nSPS) is 18.3. The van der Waals surface area contributed by atoms with Crippen molar-refractivity contribution < 1.29 is 14.3 Å². The van der Waals surface area contributed by atoms with Gasteiger partial charge in [-0.05, 0) is 39.2 Å². The van der Waals surface area contributed by atoms with E-state index in [2.05, 4.69) is 0 Å². The molecule has 2 rings (SSSR count). The van der Waals surface area contributed by atoms with Gasteiger partial charge in [-0.15, -0.1) is 0 Å². The van der Waals surface area contributed by atoms with Crippen LogP contribution in [0.4, 0.5) is 4.79 Å². The number of carbonyl (C=O) groups is 2. The number of rotatable bonds is 3. The van der Waals surface area contributed by atoms with E-state index in [1.165, 1.54) is 11.8 Å². The number of hydrogen-bond donors (Lipinski definition) is 0. The molecule has 4 nitrogen and oxygen atoms in total. The number of carbonyl (C=O) groups excluding carboxylic acids is 2. The Hall–Kier alpha value is -1.49. The van der Waals surface area contributed by atoms with Crippen LogP contribution in [0.3, 0.4) is 0 Å². The molecule has 0 bridgehead atoms. The van der Waals surface area contributed by atoms with E-state index in [1.54, 1.807) is 4.90 Å². The maximum absolute atomic E-state index is 12.4. The van der Waals surface area contributed by atoms with Crippen molar-refractivity contribution in [1.82, 2.24) is 4.90 Å². The molecule has 1 aliphatic heterocycles. The Morgan fingerprint density at radius 3 is 2.59 bits per heavy atom. The second-order valence-electron chi connectivity index (χ2n) is 6.43. The minimum absolute atomic E-state index is 0.0483. The van der Waals surface area contributed by atoms with E-state index in [-0.39, 0.29) is 17.3 Å². The van der Waals surface area contributed by atoms with E-state index < -0.39 is 5.60 Å². The summed E-state index contributed by atoms with van der Waals surface area (Å²) in [5, 5.41) is 0.0483. The lowest BCUT2D eigenvalue weighted by molar-refractivity contribution is -0.114. The molecule has 1 aromatic rings. The molecule has 0 aromatic heterocycles. The van der Waals surface area contributed by atoms with Crippen LogP contribution in [0, 0.1) is 0 Å². The summed E-state index contributed by atoms with van der Waals surface area (Å²) in [5.41, 5.74) is 0.576. The zero-order valence-electron chi connectivity index (χ0n) is 13.4. The van der Waals surface area contributed by atoms with E-state index in [1.807, 2.05) is 51.1 Å². The maximum Gasteiger partial charge on any atom is 0.410 e. The Morgan fingerprint density at radius 1 is 1.27 bits per heavy atom. The molecule has 1 amide bonds. The summed E-state index contributed by atoms with van der Waals surface area (Å²) in [6.07, 6.45) is 1.19. The Bertz CT molecular complexity index is 524. The molecule has 1 fully saturated rings. The molecule has 0 spiro atoms. The third kappa shape index (κ3) is 4.77. The largest absolute Gasteiger partial charge is 0.444 e. The van der Waals surface area contributed by atoms with Gasteiger partial charge in [-0.3, -0.25) is 9.69 Å². The average Bonchev–Trinajstić information content (AvgIpc) is 2.93. The number of likely N-dealkylation sites (tertiary alicyclic amines) is 1. The number of hydrogen-bond acceptors (Lipinski definition) is 4. The average molecular weight is 321 g/mol. The molecule has 1 saturated heterocycles. The van der Waals surface area contributed by atoms with Crippen molar-refractivity contribution in [3.05, 3.63) is 35.9 Å². The third-order valence-electron chi connectivity index (χ3n) is 3.38. The molecule has 0 aliphatic carbocycles. The minimum Gasteiger partial charge on any atom is -0.444 e. The van der Waals surface area contributed by atoms with E-state index in [0.717, 1.165) is 18.4 Å². The van der Waals surface area contributed by atoms with Gasteiger partial charge < -0.3 is 4.74 Å². The van der Waals surface area contributed by atoms with Crippen LogP contribution in [-0.4, -0.2) is 34.3 Å². The summed E-state index contributed by atoms with van der Waals surface area (Å²) < 4.78 is 5.39. The molecule has 0 unspecified atom stereocenters. The van der Waals surface area contributed by atoms with E-state index in [4.69, 9.17) is 4.74 Å². The fourth-order valence-corrected chi connectivity index (χ4v) is 3.31. The summed E-state index contributed by atoms with van der Waals surface area (Å²) in [4.78, 5) is 26.2. The minimum atomic E-state index is -0.537. The molecule has 120 valence electrons. The van der Waals surface area contributed by atoms with Crippen LogP contribution < -0.4 is 0 Å². The lowest BCUT2D eigenvalue weighted by Gasteiger charge is -2.27. The summed E-state index contributed by atoms with van der Waals surface area (Å²) in [7, 11) is 0. The second-order valence-corrected chi connectivity index (χ2v) is 7.40.